The Morgan fingerprint density at radius 2 is 1.85 bits per heavy atom. The van der Waals surface area contributed by atoms with E-state index in [2.05, 4.69) is 35.5 Å². The third-order valence-corrected chi connectivity index (χ3v) is 9.63. The Labute approximate surface area is 274 Å². The maximum absolute atomic E-state index is 14.9. The summed E-state index contributed by atoms with van der Waals surface area (Å²) in [4.78, 5) is 34.3. The molecule has 0 radical (unpaired) electrons. The van der Waals surface area contributed by atoms with Crippen LogP contribution in [0.15, 0.2) is 54.9 Å². The molecular weight excluding hydrogens is 603 g/mol. The zero-order valence-corrected chi connectivity index (χ0v) is 27.6. The number of rotatable bonds is 16. The van der Waals surface area contributed by atoms with Crippen molar-refractivity contribution >= 4 is 39.2 Å². The van der Waals surface area contributed by atoms with Gasteiger partial charge in [0.25, 0.3) is 0 Å². The molecule has 1 fully saturated rings. The lowest BCUT2D eigenvalue weighted by Crippen LogP contribution is -2.30. The number of anilines is 1. The number of amides is 2. The second kappa shape index (κ2) is 16.0. The Hall–Kier alpha value is -4.05. The minimum absolute atomic E-state index is 0.00298. The topological polar surface area (TPSA) is 102 Å². The van der Waals surface area contributed by atoms with Crippen molar-refractivity contribution in [2.24, 2.45) is 11.8 Å². The summed E-state index contributed by atoms with van der Waals surface area (Å²) in [5, 5.41) is 5.48. The monoisotopic (exact) mass is 646 g/mol. The molecule has 1 aliphatic carbocycles. The predicted molar refractivity (Wildman–Crippen MR) is 181 cm³/mol. The molecular formula is C36H43FN4O4S. The fourth-order valence-electron chi connectivity index (χ4n) is 5.52. The van der Waals surface area contributed by atoms with Gasteiger partial charge < -0.3 is 20.1 Å². The molecule has 0 bridgehead atoms. The highest BCUT2D eigenvalue weighted by Crippen LogP contribution is 2.39. The molecule has 1 aliphatic rings. The van der Waals surface area contributed by atoms with Gasteiger partial charge in [0.2, 0.25) is 0 Å². The van der Waals surface area contributed by atoms with Gasteiger partial charge in [0.1, 0.15) is 5.75 Å². The first kappa shape index (κ1) is 33.3. The van der Waals surface area contributed by atoms with Gasteiger partial charge in [0.15, 0.2) is 11.6 Å². The van der Waals surface area contributed by atoms with Crippen LogP contribution in [0.2, 0.25) is 0 Å². The average Bonchev–Trinajstić information content (AvgIpc) is 3.75. The fraction of sp³-hybridized carbons (Fsp3) is 0.444. The van der Waals surface area contributed by atoms with E-state index in [0.29, 0.717) is 24.0 Å². The van der Waals surface area contributed by atoms with Gasteiger partial charge >= 0.3 is 12.0 Å². The number of aromatic nitrogens is 2. The summed E-state index contributed by atoms with van der Waals surface area (Å²) in [6.45, 7) is 6.58. The van der Waals surface area contributed by atoms with Crippen LogP contribution in [0.25, 0.3) is 20.8 Å². The SMILES string of the molecule is CCOC(=O)C(CC)CCCC(CC)CCc1ccc(-c2cc3nccc(Oc4ccc(NC(=O)NC5CC5)cc4F)c3s2)nc1. The molecule has 2 unspecified atom stereocenters. The minimum Gasteiger partial charge on any atom is -0.466 e. The molecule has 1 saturated carbocycles. The van der Waals surface area contributed by atoms with Gasteiger partial charge in [0.05, 0.1) is 33.3 Å². The van der Waals surface area contributed by atoms with Crippen LogP contribution in [0.3, 0.4) is 0 Å². The van der Waals surface area contributed by atoms with Crippen molar-refractivity contribution in [1.82, 2.24) is 15.3 Å². The Kier molecular flexibility index (Phi) is 11.6. The maximum atomic E-state index is 14.9. The number of hydrogen-bond acceptors (Lipinski definition) is 7. The number of nitrogens with zero attached hydrogens (tertiary/aromatic N) is 2. The third-order valence-electron chi connectivity index (χ3n) is 8.47. The van der Waals surface area contributed by atoms with Crippen LogP contribution in [-0.4, -0.2) is 34.6 Å². The Bertz CT molecular complexity index is 1620. The highest BCUT2D eigenvalue weighted by molar-refractivity contribution is 7.22. The molecule has 46 heavy (non-hydrogen) atoms. The number of ether oxygens (including phenoxy) is 2. The average molecular weight is 647 g/mol. The number of carbonyl (C=O) groups excluding carboxylic acids is 2. The van der Waals surface area contributed by atoms with Gasteiger partial charge in [-0.15, -0.1) is 11.3 Å². The van der Waals surface area contributed by atoms with E-state index >= 15 is 0 Å². The maximum Gasteiger partial charge on any atom is 0.319 e. The standard InChI is InChI=1S/C36H43FN4O4S/c1-4-23(8-7-9-25(5-2)35(42)44-6-3)10-11-24-12-16-29(39-22-24)33-21-30-34(46-33)32(18-19-38-30)45-31-17-15-27(20-28(31)37)41-36(43)40-26-13-14-26/h12,15-23,25-26H,4-11,13-14H2,1-3H3,(H2,40,41,43). The highest BCUT2D eigenvalue weighted by Gasteiger charge is 2.23. The minimum atomic E-state index is -0.574. The van der Waals surface area contributed by atoms with Gasteiger partial charge in [0, 0.05) is 36.3 Å². The van der Waals surface area contributed by atoms with Gasteiger partial charge in [-0.3, -0.25) is 14.8 Å². The van der Waals surface area contributed by atoms with E-state index in [4.69, 9.17) is 14.5 Å². The van der Waals surface area contributed by atoms with Gasteiger partial charge in [-0.2, -0.15) is 0 Å². The Morgan fingerprint density at radius 3 is 2.54 bits per heavy atom. The number of benzene rings is 1. The number of fused-ring (bicyclic) bond motifs is 1. The summed E-state index contributed by atoms with van der Waals surface area (Å²) in [7, 11) is 0. The van der Waals surface area contributed by atoms with Crippen molar-refractivity contribution in [2.75, 3.05) is 11.9 Å². The molecule has 2 amide bonds. The molecule has 2 atom stereocenters. The van der Waals surface area contributed by atoms with E-state index in [-0.39, 0.29) is 29.7 Å². The second-order valence-electron chi connectivity index (χ2n) is 11.9. The number of halogens is 1. The van der Waals surface area contributed by atoms with Gasteiger partial charge in [-0.25, -0.2) is 9.18 Å². The molecule has 0 aliphatic heterocycles. The van der Waals surface area contributed by atoms with Crippen molar-refractivity contribution in [1.29, 1.82) is 0 Å². The normalized spacial score (nSPS) is 14.1. The number of nitrogens with one attached hydrogen (secondary N) is 2. The lowest BCUT2D eigenvalue weighted by atomic mass is 9.90. The third kappa shape index (κ3) is 9.02. The van der Waals surface area contributed by atoms with Gasteiger partial charge in [-0.1, -0.05) is 39.2 Å². The van der Waals surface area contributed by atoms with Crippen molar-refractivity contribution in [3.8, 4) is 22.1 Å². The van der Waals surface area contributed by atoms with Crippen LogP contribution in [0, 0.1) is 17.7 Å². The van der Waals surface area contributed by atoms with E-state index in [0.717, 1.165) is 78.6 Å². The van der Waals surface area contributed by atoms with Crippen LogP contribution >= 0.6 is 11.3 Å². The van der Waals surface area contributed by atoms with E-state index in [1.54, 1.807) is 18.3 Å². The Balaban J connectivity index is 1.17. The fourth-order valence-corrected chi connectivity index (χ4v) is 6.57. The van der Waals surface area contributed by atoms with Crippen molar-refractivity contribution in [3.63, 3.8) is 0 Å². The summed E-state index contributed by atoms with van der Waals surface area (Å²) < 4.78 is 26.9. The van der Waals surface area contributed by atoms with Gasteiger partial charge in [-0.05, 0) is 81.2 Å². The number of urea groups is 1. The molecule has 0 saturated heterocycles. The lowest BCUT2D eigenvalue weighted by Gasteiger charge is -2.17. The summed E-state index contributed by atoms with van der Waals surface area (Å²) in [6, 6.07) is 12.1. The van der Waals surface area contributed by atoms with E-state index in [1.165, 1.54) is 29.0 Å². The number of carbonyl (C=O) groups is 2. The predicted octanol–water partition coefficient (Wildman–Crippen LogP) is 9.29. The number of hydrogen-bond donors (Lipinski definition) is 2. The number of pyridine rings is 2. The van der Waals surface area contributed by atoms with Crippen LogP contribution in [-0.2, 0) is 16.0 Å². The Morgan fingerprint density at radius 1 is 1.00 bits per heavy atom. The zero-order valence-electron chi connectivity index (χ0n) is 26.8. The molecule has 5 rings (SSSR count). The first-order chi connectivity index (χ1) is 22.4. The smallest absolute Gasteiger partial charge is 0.319 e. The molecule has 4 aromatic rings. The zero-order chi connectivity index (χ0) is 32.5. The molecule has 1 aromatic carbocycles. The van der Waals surface area contributed by atoms with Crippen LogP contribution in [0.5, 0.6) is 11.5 Å². The summed E-state index contributed by atoms with van der Waals surface area (Å²) in [6.07, 6.45) is 12.6. The van der Waals surface area contributed by atoms with E-state index in [1.807, 2.05) is 25.3 Å². The van der Waals surface area contributed by atoms with Crippen molar-refractivity contribution < 1.29 is 23.5 Å². The van der Waals surface area contributed by atoms with E-state index < -0.39 is 5.82 Å². The lowest BCUT2D eigenvalue weighted by molar-refractivity contribution is -0.148. The van der Waals surface area contributed by atoms with Crippen LogP contribution in [0.1, 0.15) is 77.7 Å². The van der Waals surface area contributed by atoms with Crippen LogP contribution in [0.4, 0.5) is 14.9 Å². The summed E-state index contributed by atoms with van der Waals surface area (Å²) >= 11 is 1.50. The highest BCUT2D eigenvalue weighted by atomic mass is 32.1. The van der Waals surface area contributed by atoms with E-state index in [9.17, 15) is 14.0 Å². The molecule has 2 N–H and O–H groups in total. The first-order valence-electron chi connectivity index (χ1n) is 16.4. The molecule has 3 aromatic heterocycles. The van der Waals surface area contributed by atoms with Crippen molar-refractivity contribution in [2.45, 2.75) is 84.6 Å². The molecule has 10 heteroatoms. The summed E-state index contributed by atoms with van der Waals surface area (Å²) in [5.74, 6) is 0.537. The summed E-state index contributed by atoms with van der Waals surface area (Å²) in [5.41, 5.74) is 3.15. The number of esters is 1. The molecule has 8 nitrogen and oxygen atoms in total. The molecule has 0 spiro atoms. The largest absolute Gasteiger partial charge is 0.466 e. The quantitative estimate of drug-likeness (QED) is 0.118. The molecule has 244 valence electrons. The van der Waals surface area contributed by atoms with Crippen LogP contribution < -0.4 is 15.4 Å². The number of aryl methyl sites for hydroxylation is 1. The number of thiophene rings is 1. The first-order valence-corrected chi connectivity index (χ1v) is 17.2. The van der Waals surface area contributed by atoms with Crippen molar-refractivity contribution in [3.05, 3.63) is 66.2 Å². The molecule has 3 heterocycles. The second-order valence-corrected chi connectivity index (χ2v) is 13.0.